The molecule has 3 rings (SSSR count). The molecular formula is C15H20N4O3S2. The average molecular weight is 368 g/mol. The molecule has 1 atom stereocenters. The van der Waals surface area contributed by atoms with E-state index in [2.05, 4.69) is 21.8 Å². The van der Waals surface area contributed by atoms with Crippen molar-refractivity contribution in [3.8, 4) is 0 Å². The molecule has 0 spiro atoms. The van der Waals surface area contributed by atoms with Gasteiger partial charge in [-0.05, 0) is 44.6 Å². The van der Waals surface area contributed by atoms with E-state index in [4.69, 9.17) is 5.73 Å². The summed E-state index contributed by atoms with van der Waals surface area (Å²) in [5, 5.41) is 6.89. The molecular weight excluding hydrogens is 348 g/mol. The molecule has 4 N–H and O–H groups in total. The zero-order chi connectivity index (χ0) is 17.6. The van der Waals surface area contributed by atoms with E-state index in [9.17, 15) is 13.2 Å². The number of carbonyl (C=O) groups excluding carboxylic acids is 1. The van der Waals surface area contributed by atoms with Crippen molar-refractivity contribution in [2.75, 3.05) is 4.72 Å². The summed E-state index contributed by atoms with van der Waals surface area (Å²) in [6.07, 6.45) is 2.55. The normalized spacial score (nSPS) is 17.5. The van der Waals surface area contributed by atoms with Crippen LogP contribution in [0.5, 0.6) is 0 Å². The van der Waals surface area contributed by atoms with Gasteiger partial charge in [0, 0.05) is 4.88 Å². The van der Waals surface area contributed by atoms with Crippen LogP contribution in [0.15, 0.2) is 4.90 Å². The van der Waals surface area contributed by atoms with E-state index in [-0.39, 0.29) is 4.90 Å². The standard InChI is InChI=1S/C15H20N4O3S2/c1-7-4-5-10-11(6-7)23-15(12(10)14(16)20)19-24(21,22)13-8(2)17-18-9(13)3/h7,19H,4-6H2,1-3H3,(H2,16,20)(H,17,18)/t7-/m0/s1. The van der Waals surface area contributed by atoms with E-state index >= 15 is 0 Å². The van der Waals surface area contributed by atoms with Crippen LogP contribution >= 0.6 is 11.3 Å². The van der Waals surface area contributed by atoms with Crippen LogP contribution < -0.4 is 10.5 Å². The molecule has 7 nitrogen and oxygen atoms in total. The topological polar surface area (TPSA) is 118 Å². The minimum Gasteiger partial charge on any atom is -0.365 e. The molecule has 0 saturated carbocycles. The van der Waals surface area contributed by atoms with Gasteiger partial charge in [0.2, 0.25) is 0 Å². The second-order valence-corrected chi connectivity index (χ2v) is 9.01. The number of nitrogens with one attached hydrogen (secondary N) is 2. The van der Waals surface area contributed by atoms with Gasteiger partial charge in [0.05, 0.1) is 17.0 Å². The molecule has 0 saturated heterocycles. The summed E-state index contributed by atoms with van der Waals surface area (Å²) < 4.78 is 28.0. The lowest BCUT2D eigenvalue weighted by Crippen LogP contribution is -2.20. The molecule has 1 aliphatic rings. The SMILES string of the molecule is Cc1n[nH]c(C)c1S(=O)(=O)Nc1sc2c(c1C(N)=O)CC[C@H](C)C2. The van der Waals surface area contributed by atoms with Gasteiger partial charge in [-0.15, -0.1) is 11.3 Å². The first-order chi connectivity index (χ1) is 11.2. The third kappa shape index (κ3) is 2.82. The number of primary amides is 1. The summed E-state index contributed by atoms with van der Waals surface area (Å²) in [6.45, 7) is 5.41. The van der Waals surface area contributed by atoms with Crippen molar-refractivity contribution in [2.24, 2.45) is 11.7 Å². The number of H-pyrrole nitrogens is 1. The lowest BCUT2D eigenvalue weighted by atomic mass is 9.88. The van der Waals surface area contributed by atoms with Crippen molar-refractivity contribution < 1.29 is 13.2 Å². The Morgan fingerprint density at radius 1 is 1.42 bits per heavy atom. The Balaban J connectivity index is 2.06. The number of thiophene rings is 1. The number of hydrogen-bond acceptors (Lipinski definition) is 5. The highest BCUT2D eigenvalue weighted by Gasteiger charge is 2.30. The third-order valence-electron chi connectivity index (χ3n) is 4.31. The molecule has 0 radical (unpaired) electrons. The van der Waals surface area contributed by atoms with E-state index in [0.717, 1.165) is 29.7 Å². The first-order valence-electron chi connectivity index (χ1n) is 7.69. The number of hydrogen-bond donors (Lipinski definition) is 3. The lowest BCUT2D eigenvalue weighted by molar-refractivity contribution is 0.100. The molecule has 1 aliphatic carbocycles. The summed E-state index contributed by atoms with van der Waals surface area (Å²) in [4.78, 5) is 13.1. The lowest BCUT2D eigenvalue weighted by Gasteiger charge is -2.18. The number of fused-ring (bicyclic) bond motifs is 1. The summed E-state index contributed by atoms with van der Waals surface area (Å²) in [6, 6.07) is 0. The van der Waals surface area contributed by atoms with Gasteiger partial charge in [0.15, 0.2) is 0 Å². The molecule has 24 heavy (non-hydrogen) atoms. The number of sulfonamides is 1. The molecule has 2 heterocycles. The number of aromatic amines is 1. The molecule has 1 amide bonds. The number of aryl methyl sites for hydroxylation is 2. The van der Waals surface area contributed by atoms with Crippen molar-refractivity contribution in [1.82, 2.24) is 10.2 Å². The summed E-state index contributed by atoms with van der Waals surface area (Å²) >= 11 is 1.31. The van der Waals surface area contributed by atoms with E-state index in [1.165, 1.54) is 11.3 Å². The van der Waals surface area contributed by atoms with Crippen LogP contribution in [-0.2, 0) is 22.9 Å². The first-order valence-corrected chi connectivity index (χ1v) is 9.99. The average Bonchev–Trinajstić information content (AvgIpc) is 2.97. The van der Waals surface area contributed by atoms with Crippen LogP contribution in [0.3, 0.4) is 0 Å². The molecule has 0 aromatic carbocycles. The fourth-order valence-corrected chi connectivity index (χ4v) is 6.29. The number of carbonyl (C=O) groups is 1. The molecule has 130 valence electrons. The Morgan fingerprint density at radius 2 is 2.12 bits per heavy atom. The minimum absolute atomic E-state index is 0.109. The smallest absolute Gasteiger partial charge is 0.266 e. The van der Waals surface area contributed by atoms with E-state index < -0.39 is 15.9 Å². The monoisotopic (exact) mass is 368 g/mol. The van der Waals surface area contributed by atoms with Crippen LogP contribution in [0.2, 0.25) is 0 Å². The van der Waals surface area contributed by atoms with Gasteiger partial charge in [-0.25, -0.2) is 8.42 Å². The van der Waals surface area contributed by atoms with Gasteiger partial charge in [0.1, 0.15) is 9.90 Å². The van der Waals surface area contributed by atoms with Gasteiger partial charge in [-0.3, -0.25) is 14.6 Å². The van der Waals surface area contributed by atoms with Crippen LogP contribution in [0.25, 0.3) is 0 Å². The van der Waals surface area contributed by atoms with Crippen molar-refractivity contribution in [1.29, 1.82) is 0 Å². The Labute approximate surface area is 144 Å². The number of nitrogens with zero attached hydrogens (tertiary/aromatic N) is 1. The van der Waals surface area contributed by atoms with Crippen molar-refractivity contribution in [3.05, 3.63) is 27.4 Å². The minimum atomic E-state index is -3.84. The molecule has 0 unspecified atom stereocenters. The predicted octanol–water partition coefficient (Wildman–Crippen LogP) is 2.11. The van der Waals surface area contributed by atoms with Gasteiger partial charge in [0.25, 0.3) is 15.9 Å². The quantitative estimate of drug-likeness (QED) is 0.766. The highest BCUT2D eigenvalue weighted by atomic mass is 32.2. The summed E-state index contributed by atoms with van der Waals surface area (Å²) in [5.41, 5.74) is 7.57. The second kappa shape index (κ2) is 5.89. The van der Waals surface area contributed by atoms with Crippen LogP contribution in [-0.4, -0.2) is 24.5 Å². The fourth-order valence-electron chi connectivity index (χ4n) is 3.19. The van der Waals surface area contributed by atoms with Crippen LogP contribution in [0, 0.1) is 19.8 Å². The third-order valence-corrected chi connectivity index (χ3v) is 7.23. The van der Waals surface area contributed by atoms with E-state index in [1.807, 2.05) is 0 Å². The maximum absolute atomic E-state index is 12.7. The number of aromatic nitrogens is 2. The molecule has 2 aromatic heterocycles. The molecule has 9 heteroatoms. The fraction of sp³-hybridized carbons (Fsp3) is 0.467. The van der Waals surface area contributed by atoms with Crippen molar-refractivity contribution in [2.45, 2.75) is 44.9 Å². The summed E-state index contributed by atoms with van der Waals surface area (Å²) in [7, 11) is -3.84. The van der Waals surface area contributed by atoms with Gasteiger partial charge < -0.3 is 5.73 Å². The Bertz CT molecular complexity index is 892. The largest absolute Gasteiger partial charge is 0.365 e. The van der Waals surface area contributed by atoms with Gasteiger partial charge >= 0.3 is 0 Å². The first kappa shape index (κ1) is 17.0. The van der Waals surface area contributed by atoms with Gasteiger partial charge in [-0.2, -0.15) is 5.10 Å². The highest BCUT2D eigenvalue weighted by molar-refractivity contribution is 7.93. The Morgan fingerprint density at radius 3 is 2.71 bits per heavy atom. The van der Waals surface area contributed by atoms with Crippen molar-refractivity contribution >= 4 is 32.3 Å². The van der Waals surface area contributed by atoms with Gasteiger partial charge in [-0.1, -0.05) is 6.92 Å². The molecule has 0 bridgehead atoms. The molecule has 0 aliphatic heterocycles. The van der Waals surface area contributed by atoms with Crippen LogP contribution in [0.1, 0.15) is 45.5 Å². The number of amides is 1. The number of anilines is 1. The van der Waals surface area contributed by atoms with Crippen LogP contribution in [0.4, 0.5) is 5.00 Å². The number of nitrogens with two attached hydrogens (primary N) is 1. The maximum Gasteiger partial charge on any atom is 0.266 e. The highest BCUT2D eigenvalue weighted by Crippen LogP contribution is 2.40. The second-order valence-electron chi connectivity index (χ2n) is 6.29. The Hall–Kier alpha value is -1.87. The predicted molar refractivity (Wildman–Crippen MR) is 92.9 cm³/mol. The summed E-state index contributed by atoms with van der Waals surface area (Å²) in [5.74, 6) is -0.0833. The molecule has 0 fully saturated rings. The number of rotatable bonds is 4. The molecule has 2 aromatic rings. The Kier molecular flexibility index (Phi) is 4.16. The zero-order valence-electron chi connectivity index (χ0n) is 13.8. The zero-order valence-corrected chi connectivity index (χ0v) is 15.4. The van der Waals surface area contributed by atoms with Crippen molar-refractivity contribution in [3.63, 3.8) is 0 Å². The van der Waals surface area contributed by atoms with E-state index in [1.54, 1.807) is 13.8 Å². The maximum atomic E-state index is 12.7. The van der Waals surface area contributed by atoms with E-state index in [0.29, 0.717) is 27.9 Å².